The van der Waals surface area contributed by atoms with Gasteiger partial charge >= 0.3 is 0 Å². The highest BCUT2D eigenvalue weighted by atomic mass is 16.2. The molecule has 1 aromatic carbocycles. The third kappa shape index (κ3) is 3.35. The third-order valence-corrected chi connectivity index (χ3v) is 5.38. The van der Waals surface area contributed by atoms with Crippen LogP contribution in [0, 0.1) is 0 Å². The van der Waals surface area contributed by atoms with Crippen LogP contribution in [0.5, 0.6) is 0 Å². The zero-order valence-electron chi connectivity index (χ0n) is 13.8. The van der Waals surface area contributed by atoms with E-state index >= 15 is 0 Å². The molecule has 2 aliphatic rings. The molecule has 1 aliphatic carbocycles. The number of hydrogen-bond acceptors (Lipinski definition) is 2. The van der Waals surface area contributed by atoms with Gasteiger partial charge in [0.05, 0.1) is 5.54 Å². The van der Waals surface area contributed by atoms with E-state index in [0.717, 1.165) is 32.5 Å². The SMILES string of the molecule is CN1CCN(C(=O)CCCc2ccccc2)C2(CCCC2)C1. The predicted octanol–water partition coefficient (Wildman–Crippen LogP) is 3.10. The van der Waals surface area contributed by atoms with Crippen molar-refractivity contribution in [2.45, 2.75) is 50.5 Å². The minimum absolute atomic E-state index is 0.150. The zero-order valence-corrected chi connectivity index (χ0v) is 13.8. The van der Waals surface area contributed by atoms with Crippen molar-refractivity contribution in [1.82, 2.24) is 9.80 Å². The number of carbonyl (C=O) groups is 1. The zero-order chi connectivity index (χ0) is 15.4. The van der Waals surface area contributed by atoms with Crippen LogP contribution >= 0.6 is 0 Å². The Morgan fingerprint density at radius 1 is 1.14 bits per heavy atom. The average Bonchev–Trinajstić information content (AvgIpc) is 2.96. The summed E-state index contributed by atoms with van der Waals surface area (Å²) in [6.07, 6.45) is 7.62. The van der Waals surface area contributed by atoms with Crippen molar-refractivity contribution < 1.29 is 4.79 Å². The molecule has 0 unspecified atom stereocenters. The van der Waals surface area contributed by atoms with Gasteiger partial charge in [0, 0.05) is 26.1 Å². The maximum atomic E-state index is 12.8. The molecule has 1 aliphatic heterocycles. The first-order valence-electron chi connectivity index (χ1n) is 8.73. The Balaban J connectivity index is 1.56. The molecule has 1 aromatic rings. The summed E-state index contributed by atoms with van der Waals surface area (Å²) in [7, 11) is 2.19. The van der Waals surface area contributed by atoms with Gasteiger partial charge in [-0.3, -0.25) is 4.79 Å². The lowest BCUT2D eigenvalue weighted by Crippen LogP contribution is -2.61. The van der Waals surface area contributed by atoms with Gasteiger partial charge in [-0.2, -0.15) is 0 Å². The first-order chi connectivity index (χ1) is 10.7. The average molecular weight is 300 g/mol. The number of rotatable bonds is 4. The number of hydrogen-bond donors (Lipinski definition) is 0. The van der Waals surface area contributed by atoms with E-state index in [4.69, 9.17) is 0 Å². The van der Waals surface area contributed by atoms with E-state index in [0.29, 0.717) is 12.3 Å². The Labute approximate surface area is 134 Å². The van der Waals surface area contributed by atoms with E-state index in [1.54, 1.807) is 0 Å². The highest BCUT2D eigenvalue weighted by molar-refractivity contribution is 5.77. The lowest BCUT2D eigenvalue weighted by atomic mass is 9.91. The van der Waals surface area contributed by atoms with Crippen molar-refractivity contribution in [2.24, 2.45) is 0 Å². The van der Waals surface area contributed by atoms with Crippen molar-refractivity contribution in [3.63, 3.8) is 0 Å². The van der Waals surface area contributed by atoms with Crippen molar-refractivity contribution in [3.05, 3.63) is 35.9 Å². The summed E-state index contributed by atoms with van der Waals surface area (Å²) >= 11 is 0. The fraction of sp³-hybridized carbons (Fsp3) is 0.632. The predicted molar refractivity (Wildman–Crippen MR) is 89.8 cm³/mol. The first-order valence-corrected chi connectivity index (χ1v) is 8.73. The van der Waals surface area contributed by atoms with Gasteiger partial charge in [-0.15, -0.1) is 0 Å². The second-order valence-electron chi connectivity index (χ2n) is 7.05. The Morgan fingerprint density at radius 2 is 1.86 bits per heavy atom. The van der Waals surface area contributed by atoms with Crippen LogP contribution in [0.3, 0.4) is 0 Å². The van der Waals surface area contributed by atoms with Crippen LogP contribution in [0.25, 0.3) is 0 Å². The number of aryl methyl sites for hydroxylation is 1. The van der Waals surface area contributed by atoms with Crippen LogP contribution in [0.1, 0.15) is 44.1 Å². The Kier molecular flexibility index (Phi) is 4.82. The molecule has 3 heteroatoms. The molecule has 0 radical (unpaired) electrons. The number of nitrogens with zero attached hydrogens (tertiary/aromatic N) is 2. The molecule has 0 aromatic heterocycles. The lowest BCUT2D eigenvalue weighted by Gasteiger charge is -2.48. The minimum Gasteiger partial charge on any atom is -0.334 e. The second kappa shape index (κ2) is 6.82. The Morgan fingerprint density at radius 3 is 2.59 bits per heavy atom. The second-order valence-corrected chi connectivity index (χ2v) is 7.05. The molecular formula is C19H28N2O. The van der Waals surface area contributed by atoms with Gasteiger partial charge in [0.2, 0.25) is 5.91 Å². The van der Waals surface area contributed by atoms with Crippen LogP contribution in [-0.4, -0.2) is 47.9 Å². The fourth-order valence-electron chi connectivity index (χ4n) is 4.25. The van der Waals surface area contributed by atoms with Gasteiger partial charge in [0.25, 0.3) is 0 Å². The largest absolute Gasteiger partial charge is 0.334 e. The summed E-state index contributed by atoms with van der Waals surface area (Å²) in [6.45, 7) is 3.00. The fourth-order valence-corrected chi connectivity index (χ4v) is 4.25. The molecule has 3 rings (SSSR count). The smallest absolute Gasteiger partial charge is 0.223 e. The van der Waals surface area contributed by atoms with E-state index in [9.17, 15) is 4.79 Å². The summed E-state index contributed by atoms with van der Waals surface area (Å²) in [5, 5.41) is 0. The first kappa shape index (κ1) is 15.5. The number of piperazine rings is 1. The van der Waals surface area contributed by atoms with Crippen LogP contribution < -0.4 is 0 Å². The van der Waals surface area contributed by atoms with Gasteiger partial charge < -0.3 is 9.80 Å². The summed E-state index contributed by atoms with van der Waals surface area (Å²) in [4.78, 5) is 17.4. The monoisotopic (exact) mass is 300 g/mol. The molecule has 1 saturated heterocycles. The van der Waals surface area contributed by atoms with Gasteiger partial charge in [0.1, 0.15) is 0 Å². The maximum absolute atomic E-state index is 12.8. The summed E-state index contributed by atoms with van der Waals surface area (Å²) in [5.41, 5.74) is 1.49. The Hall–Kier alpha value is -1.35. The van der Waals surface area contributed by atoms with Crippen molar-refractivity contribution in [3.8, 4) is 0 Å². The van der Waals surface area contributed by atoms with E-state index in [-0.39, 0.29) is 5.54 Å². The molecule has 22 heavy (non-hydrogen) atoms. The minimum atomic E-state index is 0.150. The van der Waals surface area contributed by atoms with Gasteiger partial charge in [-0.1, -0.05) is 43.2 Å². The molecule has 0 bridgehead atoms. The quantitative estimate of drug-likeness (QED) is 0.853. The van der Waals surface area contributed by atoms with Crippen LogP contribution in [0.4, 0.5) is 0 Å². The van der Waals surface area contributed by atoms with E-state index in [1.165, 1.54) is 31.2 Å². The molecular weight excluding hydrogens is 272 g/mol. The molecule has 1 heterocycles. The summed E-state index contributed by atoms with van der Waals surface area (Å²) < 4.78 is 0. The molecule has 2 fully saturated rings. The highest BCUT2D eigenvalue weighted by Gasteiger charge is 2.44. The van der Waals surface area contributed by atoms with E-state index < -0.39 is 0 Å². The summed E-state index contributed by atoms with van der Waals surface area (Å²) in [5.74, 6) is 0.380. The normalized spacial score (nSPS) is 21.4. The molecule has 120 valence electrons. The van der Waals surface area contributed by atoms with Gasteiger partial charge in [0.15, 0.2) is 0 Å². The van der Waals surface area contributed by atoms with Crippen LogP contribution in [0.15, 0.2) is 30.3 Å². The standard InChI is InChI=1S/C19H28N2O/c1-20-14-15-21(19(16-20)12-5-6-13-19)18(22)11-7-10-17-8-3-2-4-9-17/h2-4,8-9H,5-7,10-16H2,1H3. The van der Waals surface area contributed by atoms with Crippen molar-refractivity contribution in [1.29, 1.82) is 0 Å². The molecule has 3 nitrogen and oxygen atoms in total. The molecule has 1 amide bonds. The van der Waals surface area contributed by atoms with Crippen LogP contribution in [-0.2, 0) is 11.2 Å². The van der Waals surface area contributed by atoms with E-state index in [2.05, 4.69) is 41.1 Å². The van der Waals surface area contributed by atoms with Crippen LogP contribution in [0.2, 0.25) is 0 Å². The highest BCUT2D eigenvalue weighted by Crippen LogP contribution is 2.38. The van der Waals surface area contributed by atoms with E-state index in [1.807, 2.05) is 6.07 Å². The molecule has 1 saturated carbocycles. The number of amides is 1. The molecule has 0 N–H and O–H groups in total. The van der Waals surface area contributed by atoms with Crippen molar-refractivity contribution in [2.75, 3.05) is 26.7 Å². The third-order valence-electron chi connectivity index (χ3n) is 5.38. The van der Waals surface area contributed by atoms with Gasteiger partial charge in [-0.25, -0.2) is 0 Å². The number of carbonyl (C=O) groups excluding carboxylic acids is 1. The maximum Gasteiger partial charge on any atom is 0.223 e. The summed E-state index contributed by atoms with van der Waals surface area (Å²) in [6, 6.07) is 10.5. The number of likely N-dealkylation sites (N-methyl/N-ethyl adjacent to an activating group) is 1. The topological polar surface area (TPSA) is 23.6 Å². The number of benzene rings is 1. The molecule has 0 atom stereocenters. The van der Waals surface area contributed by atoms with Gasteiger partial charge in [-0.05, 0) is 38.3 Å². The lowest BCUT2D eigenvalue weighted by molar-refractivity contribution is -0.141. The molecule has 1 spiro atoms. The Bertz CT molecular complexity index is 493. The van der Waals surface area contributed by atoms with Crippen molar-refractivity contribution >= 4 is 5.91 Å².